The van der Waals surface area contributed by atoms with Gasteiger partial charge in [-0.1, -0.05) is 24.3 Å². The molecule has 0 radical (unpaired) electrons. The van der Waals surface area contributed by atoms with Gasteiger partial charge in [0.15, 0.2) is 11.5 Å². The van der Waals surface area contributed by atoms with E-state index in [1.165, 1.54) is 5.69 Å². The van der Waals surface area contributed by atoms with Crippen molar-refractivity contribution in [3.8, 4) is 10.7 Å². The number of thiophene rings is 1. The lowest BCUT2D eigenvalue weighted by atomic mass is 10.2. The van der Waals surface area contributed by atoms with Crippen LogP contribution in [0, 0.1) is 0 Å². The number of piperazine rings is 1. The first kappa shape index (κ1) is 17.2. The van der Waals surface area contributed by atoms with Gasteiger partial charge >= 0.3 is 0 Å². The van der Waals surface area contributed by atoms with Crippen LogP contribution in [-0.4, -0.2) is 50.7 Å². The lowest BCUT2D eigenvalue weighted by Crippen LogP contribution is -2.46. The Kier molecular flexibility index (Phi) is 4.42. The third-order valence-corrected chi connectivity index (χ3v) is 5.96. The maximum atomic E-state index is 6.04. The monoisotopic (exact) mass is 391 g/mol. The van der Waals surface area contributed by atoms with Crippen LogP contribution in [0.4, 0.5) is 11.6 Å². The summed E-state index contributed by atoms with van der Waals surface area (Å²) in [6.07, 6.45) is 1.83. The summed E-state index contributed by atoms with van der Waals surface area (Å²) in [6.45, 7) is 4.81. The van der Waals surface area contributed by atoms with E-state index >= 15 is 0 Å². The molecule has 0 spiro atoms. The van der Waals surface area contributed by atoms with E-state index in [4.69, 9.17) is 10.7 Å². The lowest BCUT2D eigenvalue weighted by Gasteiger charge is -2.36. The summed E-state index contributed by atoms with van der Waals surface area (Å²) in [6, 6.07) is 14.6. The molecule has 1 fully saturated rings. The molecular weight excluding hydrogens is 370 g/mol. The van der Waals surface area contributed by atoms with Crippen molar-refractivity contribution in [3.05, 3.63) is 59.6 Å². The third kappa shape index (κ3) is 3.21. The Labute approximate surface area is 167 Å². The zero-order valence-electron chi connectivity index (χ0n) is 15.4. The van der Waals surface area contributed by atoms with E-state index in [0.29, 0.717) is 11.8 Å². The number of fused-ring (bicyclic) bond motifs is 1. The second-order valence-corrected chi connectivity index (χ2v) is 7.84. The van der Waals surface area contributed by atoms with Crippen LogP contribution in [0.2, 0.25) is 0 Å². The molecule has 28 heavy (non-hydrogen) atoms. The fraction of sp³-hybridized carbons (Fsp3) is 0.250. The molecule has 0 saturated carbocycles. The molecule has 0 amide bonds. The first-order valence-electron chi connectivity index (χ1n) is 9.34. The van der Waals surface area contributed by atoms with Gasteiger partial charge in [-0.3, -0.25) is 4.90 Å². The van der Waals surface area contributed by atoms with Crippen molar-refractivity contribution < 1.29 is 0 Å². The van der Waals surface area contributed by atoms with Crippen molar-refractivity contribution in [2.24, 2.45) is 0 Å². The number of benzene rings is 1. The van der Waals surface area contributed by atoms with Crippen molar-refractivity contribution in [3.63, 3.8) is 0 Å². The molecule has 7 nitrogen and oxygen atoms in total. The van der Waals surface area contributed by atoms with E-state index in [2.05, 4.69) is 50.2 Å². The number of para-hydroxylation sites is 1. The quantitative estimate of drug-likeness (QED) is 0.577. The Morgan fingerprint density at radius 2 is 1.82 bits per heavy atom. The van der Waals surface area contributed by atoms with Crippen LogP contribution >= 0.6 is 11.3 Å². The first-order chi connectivity index (χ1) is 13.8. The van der Waals surface area contributed by atoms with E-state index in [9.17, 15) is 0 Å². The average molecular weight is 392 g/mol. The predicted octanol–water partition coefficient (Wildman–Crippen LogP) is 2.76. The molecule has 2 N–H and O–H groups in total. The fourth-order valence-corrected chi connectivity index (χ4v) is 4.25. The zero-order chi connectivity index (χ0) is 18.9. The molecule has 0 aliphatic carbocycles. The molecule has 142 valence electrons. The van der Waals surface area contributed by atoms with Crippen LogP contribution < -0.4 is 10.6 Å². The highest BCUT2D eigenvalue weighted by atomic mass is 32.1. The second-order valence-electron chi connectivity index (χ2n) is 6.89. The molecule has 8 heteroatoms. The minimum Gasteiger partial charge on any atom is -0.369 e. The summed E-state index contributed by atoms with van der Waals surface area (Å²) in [7, 11) is 0. The lowest BCUT2D eigenvalue weighted by molar-refractivity contribution is 0.250. The third-order valence-electron chi connectivity index (χ3n) is 5.09. The molecule has 1 saturated heterocycles. The van der Waals surface area contributed by atoms with Gasteiger partial charge in [0.25, 0.3) is 0 Å². The van der Waals surface area contributed by atoms with E-state index in [0.717, 1.165) is 48.8 Å². The molecule has 4 aromatic rings. The van der Waals surface area contributed by atoms with Gasteiger partial charge in [0.05, 0.1) is 4.88 Å². The van der Waals surface area contributed by atoms with Crippen molar-refractivity contribution in [1.82, 2.24) is 24.5 Å². The molecule has 0 unspecified atom stereocenters. The van der Waals surface area contributed by atoms with Gasteiger partial charge in [-0.05, 0) is 23.6 Å². The molecular formula is C20H21N7S. The number of aromatic nitrogens is 4. The fourth-order valence-electron chi connectivity index (χ4n) is 3.60. The Morgan fingerprint density at radius 1 is 1.00 bits per heavy atom. The summed E-state index contributed by atoms with van der Waals surface area (Å²) in [5.41, 5.74) is 9.18. The number of anilines is 2. The predicted molar refractivity (Wildman–Crippen MR) is 112 cm³/mol. The largest absolute Gasteiger partial charge is 0.369 e. The van der Waals surface area contributed by atoms with Gasteiger partial charge in [0, 0.05) is 50.2 Å². The summed E-state index contributed by atoms with van der Waals surface area (Å²) in [5.74, 6) is 1.06. The Balaban J connectivity index is 1.35. The number of hydrogen-bond donors (Lipinski definition) is 1. The van der Waals surface area contributed by atoms with Crippen LogP contribution in [0.1, 0.15) is 5.56 Å². The van der Waals surface area contributed by atoms with Gasteiger partial charge in [0.1, 0.15) is 0 Å². The molecule has 0 atom stereocenters. The smallest absolute Gasteiger partial charge is 0.223 e. The Bertz CT molecular complexity index is 1070. The van der Waals surface area contributed by atoms with E-state index < -0.39 is 0 Å². The van der Waals surface area contributed by atoms with Crippen LogP contribution in [-0.2, 0) is 6.54 Å². The molecule has 1 aliphatic rings. The maximum absolute atomic E-state index is 6.04. The van der Waals surface area contributed by atoms with Gasteiger partial charge < -0.3 is 10.6 Å². The highest BCUT2D eigenvalue weighted by Crippen LogP contribution is 2.24. The summed E-state index contributed by atoms with van der Waals surface area (Å²) in [4.78, 5) is 15.0. The van der Waals surface area contributed by atoms with Gasteiger partial charge in [0.2, 0.25) is 5.95 Å². The number of nitrogens with zero attached hydrogens (tertiary/aromatic N) is 6. The minimum atomic E-state index is 0.364. The van der Waals surface area contributed by atoms with Crippen molar-refractivity contribution >= 4 is 28.6 Å². The van der Waals surface area contributed by atoms with Crippen molar-refractivity contribution in [1.29, 1.82) is 0 Å². The maximum Gasteiger partial charge on any atom is 0.223 e. The molecule has 1 aliphatic heterocycles. The van der Waals surface area contributed by atoms with E-state index in [-0.39, 0.29) is 0 Å². The summed E-state index contributed by atoms with van der Waals surface area (Å²) in [5, 5.41) is 6.59. The van der Waals surface area contributed by atoms with Crippen molar-refractivity contribution in [2.75, 3.05) is 36.8 Å². The summed E-state index contributed by atoms with van der Waals surface area (Å²) >= 11 is 1.62. The highest BCUT2D eigenvalue weighted by molar-refractivity contribution is 7.13. The first-order valence-corrected chi connectivity index (χ1v) is 10.2. The van der Waals surface area contributed by atoms with Crippen LogP contribution in [0.25, 0.3) is 16.3 Å². The number of rotatable bonds is 4. The molecule has 4 heterocycles. The highest BCUT2D eigenvalue weighted by Gasteiger charge is 2.20. The molecule has 0 bridgehead atoms. The van der Waals surface area contributed by atoms with Gasteiger partial charge in [-0.2, -0.15) is 4.52 Å². The summed E-state index contributed by atoms with van der Waals surface area (Å²) < 4.78 is 1.66. The number of nitrogens with two attached hydrogens (primary N) is 1. The van der Waals surface area contributed by atoms with Gasteiger partial charge in [-0.15, -0.1) is 16.4 Å². The second kappa shape index (κ2) is 7.21. The van der Waals surface area contributed by atoms with Gasteiger partial charge in [-0.25, -0.2) is 9.97 Å². The molecule has 1 aromatic carbocycles. The molecule has 5 rings (SSSR count). The SMILES string of the molecule is Nc1ncc(CN2CCN(c3ccccc3)CC2)c2nc(-c3cccs3)nn12. The molecule has 3 aromatic heterocycles. The topological polar surface area (TPSA) is 75.6 Å². The normalized spacial score (nSPS) is 15.4. The van der Waals surface area contributed by atoms with Crippen LogP contribution in [0.3, 0.4) is 0 Å². The van der Waals surface area contributed by atoms with Crippen molar-refractivity contribution in [2.45, 2.75) is 6.54 Å². The van der Waals surface area contributed by atoms with Crippen LogP contribution in [0.5, 0.6) is 0 Å². The number of hydrogen-bond acceptors (Lipinski definition) is 7. The Hall–Kier alpha value is -2.97. The zero-order valence-corrected chi connectivity index (χ0v) is 16.2. The average Bonchev–Trinajstić information content (AvgIpc) is 3.42. The van der Waals surface area contributed by atoms with E-state index in [1.807, 2.05) is 23.7 Å². The Morgan fingerprint density at radius 3 is 2.57 bits per heavy atom. The minimum absolute atomic E-state index is 0.364. The van der Waals surface area contributed by atoms with E-state index in [1.54, 1.807) is 15.9 Å². The van der Waals surface area contributed by atoms with Crippen LogP contribution in [0.15, 0.2) is 54.0 Å². The standard InChI is InChI=1S/C20H21N7S/c21-20-22-13-15(19-23-18(24-27(19)20)17-7-4-12-28-17)14-25-8-10-26(11-9-25)16-5-2-1-3-6-16/h1-7,12-13H,8-11,14H2,(H2,21,22). The number of nitrogen functional groups attached to an aromatic ring is 1.